The minimum Gasteiger partial charge on any atom is -0.378 e. The molecule has 1 saturated heterocycles. The molecule has 4 rings (SSSR count). The monoisotopic (exact) mass is 423 g/mol. The van der Waals surface area contributed by atoms with Crippen molar-refractivity contribution in [3.63, 3.8) is 0 Å². The van der Waals surface area contributed by atoms with E-state index in [2.05, 4.69) is 25.6 Å². The zero-order valence-electron chi connectivity index (χ0n) is 16.7. The van der Waals surface area contributed by atoms with E-state index in [-0.39, 0.29) is 11.8 Å². The van der Waals surface area contributed by atoms with Crippen LogP contribution in [0.15, 0.2) is 60.8 Å². The summed E-state index contributed by atoms with van der Waals surface area (Å²) in [6.45, 7) is 3.12. The smallest absolute Gasteiger partial charge is 0.287 e. The van der Waals surface area contributed by atoms with Gasteiger partial charge in [-0.05, 0) is 36.4 Å². The van der Waals surface area contributed by atoms with Crippen LogP contribution >= 0.6 is 0 Å². The van der Waals surface area contributed by atoms with Gasteiger partial charge in [-0.1, -0.05) is 18.2 Å². The number of hydrogen-bond acceptors (Lipinski definition) is 8. The molecule has 0 aliphatic carbocycles. The molecule has 3 aromatic rings. The number of nitrogens with two attached hydrogens (primary N) is 1. The second-order valence-electron chi connectivity index (χ2n) is 6.81. The molecule has 1 aliphatic rings. The number of ether oxygens (including phenoxy) is 1. The van der Waals surface area contributed by atoms with Crippen LogP contribution in [0, 0.1) is 5.82 Å². The highest BCUT2D eigenvalue weighted by molar-refractivity contribution is 5.94. The third kappa shape index (κ3) is 5.05. The van der Waals surface area contributed by atoms with E-state index < -0.39 is 11.7 Å². The van der Waals surface area contributed by atoms with E-state index in [9.17, 15) is 9.18 Å². The summed E-state index contributed by atoms with van der Waals surface area (Å²) >= 11 is 0. The Morgan fingerprint density at radius 2 is 1.81 bits per heavy atom. The molecule has 31 heavy (non-hydrogen) atoms. The standard InChI is InChI=1S/C21H22FN7O2/c22-18-14-24-21(25-16-6-8-17(9-7-16)28-10-12-31-13-11-28)26-19(18)27-29(23)20(30)15-4-2-1-3-5-15/h1-9,14H,10-13,23H2,(H2,24,25,26,27). The third-order valence-corrected chi connectivity index (χ3v) is 4.71. The van der Waals surface area contributed by atoms with E-state index in [1.807, 2.05) is 24.3 Å². The van der Waals surface area contributed by atoms with Gasteiger partial charge in [-0.2, -0.15) is 10.1 Å². The Balaban J connectivity index is 1.43. The molecule has 0 radical (unpaired) electrons. The van der Waals surface area contributed by atoms with Crippen molar-refractivity contribution in [2.24, 2.45) is 5.84 Å². The van der Waals surface area contributed by atoms with Crippen LogP contribution in [-0.2, 0) is 4.74 Å². The molecule has 0 atom stereocenters. The van der Waals surface area contributed by atoms with Gasteiger partial charge in [0.2, 0.25) is 5.95 Å². The normalized spacial score (nSPS) is 13.5. The highest BCUT2D eigenvalue weighted by Crippen LogP contribution is 2.22. The van der Waals surface area contributed by atoms with Crippen LogP contribution in [0.3, 0.4) is 0 Å². The van der Waals surface area contributed by atoms with E-state index >= 15 is 0 Å². The fourth-order valence-corrected chi connectivity index (χ4v) is 3.10. The van der Waals surface area contributed by atoms with E-state index in [1.165, 1.54) is 0 Å². The first-order chi connectivity index (χ1) is 15.1. The fraction of sp³-hybridized carbons (Fsp3) is 0.190. The van der Waals surface area contributed by atoms with E-state index in [0.717, 1.165) is 30.7 Å². The lowest BCUT2D eigenvalue weighted by Gasteiger charge is -2.28. The number of hydrazine groups is 2. The number of benzene rings is 2. The molecule has 2 heterocycles. The van der Waals surface area contributed by atoms with Gasteiger partial charge in [0.05, 0.1) is 19.4 Å². The number of aromatic nitrogens is 2. The molecule has 1 aromatic heterocycles. The van der Waals surface area contributed by atoms with Crippen LogP contribution in [0.5, 0.6) is 0 Å². The minimum atomic E-state index is -0.746. The van der Waals surface area contributed by atoms with E-state index in [0.29, 0.717) is 23.9 Å². The maximum Gasteiger partial charge on any atom is 0.287 e. The van der Waals surface area contributed by atoms with Gasteiger partial charge in [0.1, 0.15) is 0 Å². The van der Waals surface area contributed by atoms with Crippen molar-refractivity contribution < 1.29 is 13.9 Å². The Hall–Kier alpha value is -3.76. The Kier molecular flexibility index (Phi) is 6.20. The number of morpholine rings is 1. The van der Waals surface area contributed by atoms with Crippen LogP contribution in [0.2, 0.25) is 0 Å². The fourth-order valence-electron chi connectivity index (χ4n) is 3.10. The highest BCUT2D eigenvalue weighted by Gasteiger charge is 2.16. The first-order valence-electron chi connectivity index (χ1n) is 9.73. The number of carbonyl (C=O) groups excluding carboxylic acids is 1. The van der Waals surface area contributed by atoms with Crippen molar-refractivity contribution in [2.45, 2.75) is 0 Å². The van der Waals surface area contributed by atoms with Gasteiger partial charge in [-0.15, -0.1) is 0 Å². The maximum atomic E-state index is 14.2. The molecule has 160 valence electrons. The zero-order valence-corrected chi connectivity index (χ0v) is 16.7. The molecule has 1 amide bonds. The average molecular weight is 423 g/mol. The summed E-state index contributed by atoms with van der Waals surface area (Å²) in [5.74, 6) is 4.40. The predicted octanol–water partition coefficient (Wildman–Crippen LogP) is 2.54. The van der Waals surface area contributed by atoms with Crippen LogP contribution < -0.4 is 21.5 Å². The number of carbonyl (C=O) groups is 1. The van der Waals surface area contributed by atoms with Crippen molar-refractivity contribution >= 4 is 29.0 Å². The molecule has 4 N–H and O–H groups in total. The Bertz CT molecular complexity index is 1030. The molecule has 1 aliphatic heterocycles. The summed E-state index contributed by atoms with van der Waals surface area (Å²) < 4.78 is 19.5. The molecule has 10 heteroatoms. The van der Waals surface area contributed by atoms with Crippen molar-refractivity contribution in [2.75, 3.05) is 41.9 Å². The first-order valence-corrected chi connectivity index (χ1v) is 9.73. The lowest BCUT2D eigenvalue weighted by molar-refractivity contribution is 0.0792. The summed E-state index contributed by atoms with van der Waals surface area (Å²) in [6.07, 6.45) is 1.00. The van der Waals surface area contributed by atoms with Crippen LogP contribution in [-0.4, -0.2) is 47.3 Å². The Morgan fingerprint density at radius 1 is 1.10 bits per heavy atom. The number of rotatable bonds is 6. The van der Waals surface area contributed by atoms with Gasteiger partial charge >= 0.3 is 0 Å². The van der Waals surface area contributed by atoms with E-state index in [1.54, 1.807) is 30.3 Å². The topological polar surface area (TPSA) is 109 Å². The number of anilines is 4. The quantitative estimate of drug-likeness (QED) is 0.315. The van der Waals surface area contributed by atoms with Gasteiger partial charge in [0.25, 0.3) is 5.91 Å². The van der Waals surface area contributed by atoms with Crippen LogP contribution in [0.4, 0.5) is 27.5 Å². The second kappa shape index (κ2) is 9.37. The molecule has 1 fully saturated rings. The predicted molar refractivity (Wildman–Crippen MR) is 115 cm³/mol. The maximum absolute atomic E-state index is 14.2. The second-order valence-corrected chi connectivity index (χ2v) is 6.81. The van der Waals surface area contributed by atoms with Crippen molar-refractivity contribution in [3.05, 3.63) is 72.2 Å². The van der Waals surface area contributed by atoms with Gasteiger partial charge in [0, 0.05) is 30.0 Å². The Labute approximate surface area is 178 Å². The van der Waals surface area contributed by atoms with E-state index in [4.69, 9.17) is 10.6 Å². The largest absolute Gasteiger partial charge is 0.378 e. The van der Waals surface area contributed by atoms with Crippen molar-refractivity contribution in [1.29, 1.82) is 0 Å². The lowest BCUT2D eigenvalue weighted by atomic mass is 10.2. The molecular formula is C21H22FN7O2. The molecule has 9 nitrogen and oxygen atoms in total. The summed E-state index contributed by atoms with van der Waals surface area (Å²) in [5.41, 5.74) is 4.64. The molecule has 0 unspecified atom stereocenters. The summed E-state index contributed by atoms with van der Waals surface area (Å²) in [7, 11) is 0. The number of nitrogens with zero attached hydrogens (tertiary/aromatic N) is 4. The lowest BCUT2D eigenvalue weighted by Crippen LogP contribution is -2.42. The number of halogens is 1. The Morgan fingerprint density at radius 3 is 2.52 bits per heavy atom. The van der Waals surface area contributed by atoms with Gasteiger partial charge < -0.3 is 15.0 Å². The van der Waals surface area contributed by atoms with Gasteiger partial charge in [-0.3, -0.25) is 10.2 Å². The zero-order chi connectivity index (χ0) is 21.6. The highest BCUT2D eigenvalue weighted by atomic mass is 19.1. The van der Waals surface area contributed by atoms with Crippen molar-refractivity contribution in [1.82, 2.24) is 15.1 Å². The summed E-state index contributed by atoms with van der Waals surface area (Å²) in [4.78, 5) is 22.6. The summed E-state index contributed by atoms with van der Waals surface area (Å²) in [5, 5.41) is 3.70. The first kappa shape index (κ1) is 20.5. The summed E-state index contributed by atoms with van der Waals surface area (Å²) in [6, 6.07) is 16.1. The van der Waals surface area contributed by atoms with Crippen LogP contribution in [0.25, 0.3) is 0 Å². The average Bonchev–Trinajstić information content (AvgIpc) is 2.82. The molecule has 2 aromatic carbocycles. The number of nitrogens with one attached hydrogen (secondary N) is 2. The number of hydrogen-bond donors (Lipinski definition) is 3. The minimum absolute atomic E-state index is 0.156. The number of amides is 1. The molecule has 0 spiro atoms. The SMILES string of the molecule is NN(Nc1nc(Nc2ccc(N3CCOCC3)cc2)ncc1F)C(=O)c1ccccc1. The van der Waals surface area contributed by atoms with Crippen LogP contribution in [0.1, 0.15) is 10.4 Å². The molecule has 0 saturated carbocycles. The van der Waals surface area contributed by atoms with Gasteiger partial charge in [0.15, 0.2) is 11.6 Å². The molecular weight excluding hydrogens is 401 g/mol. The molecule has 0 bridgehead atoms. The van der Waals surface area contributed by atoms with Gasteiger partial charge in [-0.25, -0.2) is 15.2 Å². The third-order valence-electron chi connectivity index (χ3n) is 4.71. The van der Waals surface area contributed by atoms with Crippen molar-refractivity contribution in [3.8, 4) is 0 Å².